The predicted octanol–water partition coefficient (Wildman–Crippen LogP) is 0.884. The second-order valence-electron chi connectivity index (χ2n) is 4.66. The quantitative estimate of drug-likeness (QED) is 0.276. The van der Waals surface area contributed by atoms with Gasteiger partial charge in [0.15, 0.2) is 0 Å². The SMILES string of the molecule is CC(C)(C)OC(=O)C=COCCOCCOCCO. The Balaban J connectivity index is 3.36. The average molecular weight is 276 g/mol. The van der Waals surface area contributed by atoms with Crippen molar-refractivity contribution in [2.24, 2.45) is 0 Å². The molecule has 0 heterocycles. The smallest absolute Gasteiger partial charge is 0.334 e. The molecule has 0 atom stereocenters. The average Bonchev–Trinajstić information content (AvgIpc) is 2.29. The molecule has 6 nitrogen and oxygen atoms in total. The highest BCUT2D eigenvalue weighted by atomic mass is 16.6. The summed E-state index contributed by atoms with van der Waals surface area (Å²) >= 11 is 0. The van der Waals surface area contributed by atoms with Crippen LogP contribution in [0, 0.1) is 0 Å². The van der Waals surface area contributed by atoms with Crippen LogP contribution in [0.4, 0.5) is 0 Å². The van der Waals surface area contributed by atoms with E-state index in [0.717, 1.165) is 0 Å². The zero-order valence-corrected chi connectivity index (χ0v) is 11.9. The minimum Gasteiger partial charge on any atom is -0.499 e. The normalized spacial score (nSPS) is 11.8. The van der Waals surface area contributed by atoms with Gasteiger partial charge in [0.05, 0.1) is 45.4 Å². The first-order valence-corrected chi connectivity index (χ1v) is 6.23. The summed E-state index contributed by atoms with van der Waals surface area (Å²) in [4.78, 5) is 11.2. The summed E-state index contributed by atoms with van der Waals surface area (Å²) in [6, 6.07) is 0. The predicted molar refractivity (Wildman–Crippen MR) is 69.7 cm³/mol. The summed E-state index contributed by atoms with van der Waals surface area (Å²) in [5, 5.41) is 8.45. The Labute approximate surface area is 114 Å². The van der Waals surface area contributed by atoms with Crippen LogP contribution in [-0.2, 0) is 23.7 Å². The van der Waals surface area contributed by atoms with Crippen LogP contribution in [0.1, 0.15) is 20.8 Å². The van der Waals surface area contributed by atoms with E-state index in [-0.39, 0.29) is 6.61 Å². The lowest BCUT2D eigenvalue weighted by Gasteiger charge is -2.17. The molecule has 0 bridgehead atoms. The van der Waals surface area contributed by atoms with Crippen LogP contribution in [0.15, 0.2) is 12.3 Å². The number of rotatable bonds is 10. The molecule has 6 heteroatoms. The van der Waals surface area contributed by atoms with E-state index in [1.807, 2.05) is 0 Å². The van der Waals surface area contributed by atoms with Crippen LogP contribution in [0.2, 0.25) is 0 Å². The number of carbonyl (C=O) groups excluding carboxylic acids is 1. The van der Waals surface area contributed by atoms with Gasteiger partial charge in [0.2, 0.25) is 0 Å². The Hall–Kier alpha value is -1.11. The first-order chi connectivity index (χ1) is 8.95. The zero-order chi connectivity index (χ0) is 14.6. The monoisotopic (exact) mass is 276 g/mol. The van der Waals surface area contributed by atoms with Gasteiger partial charge in [-0.1, -0.05) is 0 Å². The van der Waals surface area contributed by atoms with Gasteiger partial charge in [0.25, 0.3) is 0 Å². The van der Waals surface area contributed by atoms with Crippen molar-refractivity contribution < 1.29 is 28.8 Å². The maximum atomic E-state index is 11.2. The second-order valence-corrected chi connectivity index (χ2v) is 4.66. The van der Waals surface area contributed by atoms with Crippen LogP contribution in [0.25, 0.3) is 0 Å². The summed E-state index contributed by atoms with van der Waals surface area (Å²) < 4.78 is 20.3. The molecule has 0 fully saturated rings. The number of hydrogen-bond donors (Lipinski definition) is 1. The van der Waals surface area contributed by atoms with Gasteiger partial charge in [-0.15, -0.1) is 0 Å². The number of ether oxygens (including phenoxy) is 4. The zero-order valence-electron chi connectivity index (χ0n) is 11.9. The third-order valence-corrected chi connectivity index (χ3v) is 1.66. The summed E-state index contributed by atoms with van der Waals surface area (Å²) in [5.41, 5.74) is -0.501. The first-order valence-electron chi connectivity index (χ1n) is 6.23. The fourth-order valence-electron chi connectivity index (χ4n) is 1.00. The van der Waals surface area contributed by atoms with E-state index in [9.17, 15) is 4.79 Å². The highest BCUT2D eigenvalue weighted by molar-refractivity contribution is 5.81. The number of esters is 1. The van der Waals surface area contributed by atoms with Crippen LogP contribution < -0.4 is 0 Å². The fraction of sp³-hybridized carbons (Fsp3) is 0.769. The molecule has 0 saturated heterocycles. The van der Waals surface area contributed by atoms with Gasteiger partial charge in [-0.25, -0.2) is 4.79 Å². The number of aliphatic hydroxyl groups excluding tert-OH is 1. The largest absolute Gasteiger partial charge is 0.499 e. The molecule has 0 unspecified atom stereocenters. The Kier molecular flexibility index (Phi) is 10.1. The summed E-state index contributed by atoms with van der Waals surface area (Å²) in [6.45, 7) is 7.36. The van der Waals surface area contributed by atoms with Crippen molar-refractivity contribution in [2.75, 3.05) is 39.6 Å². The van der Waals surface area contributed by atoms with Crippen LogP contribution in [0.3, 0.4) is 0 Å². The van der Waals surface area contributed by atoms with Crippen molar-refractivity contribution in [3.8, 4) is 0 Å². The van der Waals surface area contributed by atoms with Crippen molar-refractivity contribution >= 4 is 5.97 Å². The summed E-state index contributed by atoms with van der Waals surface area (Å²) in [6.07, 6.45) is 2.52. The number of aliphatic hydroxyl groups is 1. The lowest BCUT2D eigenvalue weighted by atomic mass is 10.2. The lowest BCUT2D eigenvalue weighted by Crippen LogP contribution is -2.22. The Morgan fingerprint density at radius 1 is 1.05 bits per heavy atom. The molecule has 0 aromatic rings. The molecule has 1 N–H and O–H groups in total. The van der Waals surface area contributed by atoms with E-state index in [4.69, 9.17) is 24.1 Å². The van der Waals surface area contributed by atoms with Gasteiger partial charge in [-0.05, 0) is 20.8 Å². The molecule has 0 radical (unpaired) electrons. The van der Waals surface area contributed by atoms with E-state index in [2.05, 4.69) is 0 Å². The Morgan fingerprint density at radius 2 is 1.63 bits per heavy atom. The minimum atomic E-state index is -0.501. The molecule has 0 aliphatic carbocycles. The molecule has 0 aromatic carbocycles. The van der Waals surface area contributed by atoms with E-state index >= 15 is 0 Å². The molecule has 0 aliphatic heterocycles. The topological polar surface area (TPSA) is 74.2 Å². The molecular weight excluding hydrogens is 252 g/mol. The standard InChI is InChI=1S/C13H24O6/c1-13(2,3)19-12(15)4-6-16-8-10-18-11-9-17-7-5-14/h4,6,14H,5,7-11H2,1-3H3. The second kappa shape index (κ2) is 10.8. The van der Waals surface area contributed by atoms with Crippen molar-refractivity contribution in [2.45, 2.75) is 26.4 Å². The highest BCUT2D eigenvalue weighted by Crippen LogP contribution is 2.06. The van der Waals surface area contributed by atoms with Gasteiger partial charge >= 0.3 is 5.97 Å². The maximum absolute atomic E-state index is 11.2. The van der Waals surface area contributed by atoms with Crippen molar-refractivity contribution in [1.82, 2.24) is 0 Å². The van der Waals surface area contributed by atoms with E-state index in [0.29, 0.717) is 33.0 Å². The Morgan fingerprint density at radius 3 is 2.21 bits per heavy atom. The third-order valence-electron chi connectivity index (χ3n) is 1.66. The van der Waals surface area contributed by atoms with Crippen LogP contribution in [-0.4, -0.2) is 56.3 Å². The van der Waals surface area contributed by atoms with Gasteiger partial charge in [-0.3, -0.25) is 0 Å². The van der Waals surface area contributed by atoms with Crippen molar-refractivity contribution in [1.29, 1.82) is 0 Å². The van der Waals surface area contributed by atoms with Crippen molar-refractivity contribution in [3.05, 3.63) is 12.3 Å². The maximum Gasteiger partial charge on any atom is 0.334 e. The number of hydrogen-bond acceptors (Lipinski definition) is 6. The van der Waals surface area contributed by atoms with Crippen LogP contribution >= 0.6 is 0 Å². The Bertz CT molecular complexity index is 256. The van der Waals surface area contributed by atoms with Gasteiger partial charge in [0, 0.05) is 0 Å². The van der Waals surface area contributed by atoms with E-state index < -0.39 is 11.6 Å². The van der Waals surface area contributed by atoms with Gasteiger partial charge in [-0.2, -0.15) is 0 Å². The van der Waals surface area contributed by atoms with Gasteiger partial charge in [0.1, 0.15) is 12.2 Å². The fourth-order valence-corrected chi connectivity index (χ4v) is 1.00. The number of carbonyl (C=O) groups is 1. The molecule has 0 amide bonds. The summed E-state index contributed by atoms with van der Waals surface area (Å²) in [5.74, 6) is -0.439. The molecular formula is C13H24O6. The molecule has 0 aliphatic rings. The molecule has 0 rings (SSSR count). The highest BCUT2D eigenvalue weighted by Gasteiger charge is 2.13. The van der Waals surface area contributed by atoms with E-state index in [1.165, 1.54) is 12.3 Å². The van der Waals surface area contributed by atoms with E-state index in [1.54, 1.807) is 20.8 Å². The third kappa shape index (κ3) is 14.8. The first kappa shape index (κ1) is 17.9. The molecule has 112 valence electrons. The molecule has 19 heavy (non-hydrogen) atoms. The van der Waals surface area contributed by atoms with Crippen LogP contribution in [0.5, 0.6) is 0 Å². The lowest BCUT2D eigenvalue weighted by molar-refractivity contribution is -0.148. The van der Waals surface area contributed by atoms with Gasteiger partial charge < -0.3 is 24.1 Å². The summed E-state index contributed by atoms with van der Waals surface area (Å²) in [7, 11) is 0. The molecule has 0 aromatic heterocycles. The van der Waals surface area contributed by atoms with Crippen molar-refractivity contribution in [3.63, 3.8) is 0 Å². The minimum absolute atomic E-state index is 0.0125. The molecule has 0 saturated carbocycles. The molecule has 0 spiro atoms.